The summed E-state index contributed by atoms with van der Waals surface area (Å²) in [6, 6.07) is 16.8. The normalized spacial score (nSPS) is 11.7. The van der Waals surface area contributed by atoms with E-state index in [4.69, 9.17) is 9.26 Å². The van der Waals surface area contributed by atoms with E-state index in [0.717, 1.165) is 16.9 Å². The highest BCUT2D eigenvalue weighted by Gasteiger charge is 2.19. The molecule has 0 fully saturated rings. The second-order valence-electron chi connectivity index (χ2n) is 6.47. The fraction of sp³-hybridized carbons (Fsp3) is 0.300. The Morgan fingerprint density at radius 3 is 2.54 bits per heavy atom. The lowest BCUT2D eigenvalue weighted by molar-refractivity contribution is 0.241. The highest BCUT2D eigenvalue weighted by molar-refractivity contribution is 7.88. The van der Waals surface area contributed by atoms with Crippen molar-refractivity contribution in [1.82, 2.24) is 14.4 Å². The predicted molar refractivity (Wildman–Crippen MR) is 105 cm³/mol. The fourth-order valence-electron chi connectivity index (χ4n) is 2.60. The number of sulfonamides is 1. The maximum atomic E-state index is 12.5. The van der Waals surface area contributed by atoms with Gasteiger partial charge >= 0.3 is 0 Å². The van der Waals surface area contributed by atoms with Crippen LogP contribution in [0, 0.1) is 6.92 Å². The van der Waals surface area contributed by atoms with Crippen molar-refractivity contribution >= 4 is 10.0 Å². The molecule has 8 heteroatoms. The van der Waals surface area contributed by atoms with Gasteiger partial charge in [-0.15, -0.1) is 0 Å². The van der Waals surface area contributed by atoms with Crippen LogP contribution >= 0.6 is 0 Å². The molecule has 0 aliphatic carbocycles. The number of rotatable bonds is 9. The van der Waals surface area contributed by atoms with E-state index < -0.39 is 10.0 Å². The Morgan fingerprint density at radius 2 is 1.79 bits per heavy atom. The van der Waals surface area contributed by atoms with Crippen molar-refractivity contribution in [2.24, 2.45) is 0 Å². The minimum atomic E-state index is -3.41. The van der Waals surface area contributed by atoms with Crippen LogP contribution in [0.1, 0.15) is 22.8 Å². The van der Waals surface area contributed by atoms with E-state index in [9.17, 15) is 8.42 Å². The summed E-state index contributed by atoms with van der Waals surface area (Å²) in [5.41, 5.74) is 1.78. The molecule has 0 unspecified atom stereocenters. The number of aromatic nitrogens is 2. The highest BCUT2D eigenvalue weighted by atomic mass is 32.2. The summed E-state index contributed by atoms with van der Waals surface area (Å²) in [6.07, 6.45) is 0.360. The van der Waals surface area contributed by atoms with Gasteiger partial charge in [-0.3, -0.25) is 0 Å². The van der Waals surface area contributed by atoms with Gasteiger partial charge in [0.05, 0.1) is 5.75 Å². The highest BCUT2D eigenvalue weighted by Crippen LogP contribution is 2.17. The SMILES string of the molecule is Cc1ccccc1OCc1nc(CCN(C)S(=O)(=O)Cc2ccccc2)no1. The van der Waals surface area contributed by atoms with Crippen LogP contribution in [0.5, 0.6) is 5.75 Å². The third-order valence-electron chi connectivity index (χ3n) is 4.27. The third kappa shape index (κ3) is 5.40. The predicted octanol–water partition coefficient (Wildman–Crippen LogP) is 2.96. The van der Waals surface area contributed by atoms with Crippen LogP contribution < -0.4 is 4.74 Å². The van der Waals surface area contributed by atoms with Crippen molar-refractivity contribution in [3.8, 4) is 5.75 Å². The number of likely N-dealkylation sites (N-methyl/N-ethyl adjacent to an activating group) is 1. The molecule has 7 nitrogen and oxygen atoms in total. The lowest BCUT2D eigenvalue weighted by Crippen LogP contribution is -2.30. The first-order valence-electron chi connectivity index (χ1n) is 8.92. The molecule has 0 radical (unpaired) electrons. The van der Waals surface area contributed by atoms with Gasteiger partial charge < -0.3 is 9.26 Å². The molecule has 0 spiro atoms. The molecule has 1 heterocycles. The smallest absolute Gasteiger partial charge is 0.264 e. The number of hydrogen-bond donors (Lipinski definition) is 0. The van der Waals surface area contributed by atoms with Gasteiger partial charge in [-0.1, -0.05) is 53.7 Å². The first-order chi connectivity index (χ1) is 13.4. The van der Waals surface area contributed by atoms with Crippen LogP contribution in [-0.4, -0.2) is 36.5 Å². The number of hydrogen-bond acceptors (Lipinski definition) is 6. The Kier molecular flexibility index (Phi) is 6.43. The summed E-state index contributed by atoms with van der Waals surface area (Å²) in [7, 11) is -1.85. The molecule has 0 saturated heterocycles. The largest absolute Gasteiger partial charge is 0.483 e. The molecule has 2 aromatic carbocycles. The summed E-state index contributed by atoms with van der Waals surface area (Å²) in [6.45, 7) is 2.40. The summed E-state index contributed by atoms with van der Waals surface area (Å²) in [5.74, 6) is 1.53. The zero-order valence-electron chi connectivity index (χ0n) is 15.9. The quantitative estimate of drug-likeness (QED) is 0.548. The Bertz CT molecular complexity index is 1000. The molecule has 3 rings (SSSR count). The molecular formula is C20H23N3O4S. The van der Waals surface area contributed by atoms with Gasteiger partial charge in [0.2, 0.25) is 10.0 Å². The van der Waals surface area contributed by atoms with Crippen molar-refractivity contribution in [2.45, 2.75) is 25.7 Å². The first kappa shape index (κ1) is 20.0. The molecular weight excluding hydrogens is 378 g/mol. The van der Waals surface area contributed by atoms with Gasteiger partial charge in [-0.05, 0) is 24.1 Å². The lowest BCUT2D eigenvalue weighted by Gasteiger charge is -2.16. The maximum Gasteiger partial charge on any atom is 0.264 e. The number of nitrogens with zero attached hydrogens (tertiary/aromatic N) is 3. The molecule has 0 aliphatic rings. The van der Waals surface area contributed by atoms with E-state index in [1.807, 2.05) is 49.4 Å². The summed E-state index contributed by atoms with van der Waals surface area (Å²) in [5, 5.41) is 3.90. The van der Waals surface area contributed by atoms with Gasteiger partial charge in [-0.25, -0.2) is 12.7 Å². The Hall–Kier alpha value is -2.71. The molecule has 0 N–H and O–H groups in total. The van der Waals surface area contributed by atoms with Crippen molar-refractivity contribution in [1.29, 1.82) is 0 Å². The van der Waals surface area contributed by atoms with Crippen LogP contribution in [0.4, 0.5) is 0 Å². The average Bonchev–Trinajstić information content (AvgIpc) is 3.14. The average molecular weight is 401 g/mol. The lowest BCUT2D eigenvalue weighted by atomic mass is 10.2. The first-order valence-corrected chi connectivity index (χ1v) is 10.5. The Morgan fingerprint density at radius 1 is 1.07 bits per heavy atom. The zero-order chi connectivity index (χ0) is 20.0. The molecule has 0 saturated carbocycles. The van der Waals surface area contributed by atoms with Gasteiger partial charge in [0, 0.05) is 20.0 Å². The van der Waals surface area contributed by atoms with Crippen molar-refractivity contribution < 1.29 is 17.7 Å². The fourth-order valence-corrected chi connectivity index (χ4v) is 3.80. The van der Waals surface area contributed by atoms with Crippen LogP contribution in [0.3, 0.4) is 0 Å². The molecule has 1 aromatic heterocycles. The van der Waals surface area contributed by atoms with Crippen molar-refractivity contribution in [3.05, 3.63) is 77.4 Å². The van der Waals surface area contributed by atoms with E-state index in [-0.39, 0.29) is 18.9 Å². The van der Waals surface area contributed by atoms with Gasteiger partial charge in [-0.2, -0.15) is 4.98 Å². The van der Waals surface area contributed by atoms with Crippen LogP contribution in [0.15, 0.2) is 59.1 Å². The van der Waals surface area contributed by atoms with Crippen molar-refractivity contribution in [2.75, 3.05) is 13.6 Å². The van der Waals surface area contributed by atoms with E-state index in [0.29, 0.717) is 18.1 Å². The molecule has 28 heavy (non-hydrogen) atoms. The van der Waals surface area contributed by atoms with E-state index in [1.165, 1.54) is 4.31 Å². The Balaban J connectivity index is 1.51. The number of ether oxygens (including phenoxy) is 1. The van der Waals surface area contributed by atoms with E-state index in [1.54, 1.807) is 19.2 Å². The van der Waals surface area contributed by atoms with E-state index in [2.05, 4.69) is 10.1 Å². The minimum absolute atomic E-state index is 0.0356. The molecule has 148 valence electrons. The van der Waals surface area contributed by atoms with E-state index >= 15 is 0 Å². The van der Waals surface area contributed by atoms with Gasteiger partial charge in [0.15, 0.2) is 12.4 Å². The summed E-state index contributed by atoms with van der Waals surface area (Å²) < 4.78 is 37.1. The minimum Gasteiger partial charge on any atom is -0.483 e. The van der Waals surface area contributed by atoms with Crippen LogP contribution in [-0.2, 0) is 28.8 Å². The Labute approximate surface area is 165 Å². The molecule has 3 aromatic rings. The molecule has 0 amide bonds. The van der Waals surface area contributed by atoms with Crippen molar-refractivity contribution in [3.63, 3.8) is 0 Å². The van der Waals surface area contributed by atoms with Gasteiger partial charge in [0.1, 0.15) is 5.75 Å². The second-order valence-corrected chi connectivity index (χ2v) is 8.55. The number of benzene rings is 2. The van der Waals surface area contributed by atoms with Crippen LogP contribution in [0.25, 0.3) is 0 Å². The molecule has 0 atom stereocenters. The monoisotopic (exact) mass is 401 g/mol. The number of para-hydroxylation sites is 1. The van der Waals surface area contributed by atoms with Gasteiger partial charge in [0.25, 0.3) is 5.89 Å². The summed E-state index contributed by atoms with van der Waals surface area (Å²) in [4.78, 5) is 4.27. The third-order valence-corrected chi connectivity index (χ3v) is 6.10. The topological polar surface area (TPSA) is 85.5 Å². The maximum absolute atomic E-state index is 12.5. The standard InChI is InChI=1S/C20H23N3O4S/c1-16-8-6-7-11-18(16)26-14-20-21-19(22-27-20)12-13-23(2)28(24,25)15-17-9-4-3-5-10-17/h3-11H,12-15H2,1-2H3. The number of aryl methyl sites for hydroxylation is 1. The van der Waals surface area contributed by atoms with Crippen LogP contribution in [0.2, 0.25) is 0 Å². The second kappa shape index (κ2) is 8.99. The summed E-state index contributed by atoms with van der Waals surface area (Å²) >= 11 is 0. The molecule has 0 bridgehead atoms. The molecule has 0 aliphatic heterocycles. The zero-order valence-corrected chi connectivity index (χ0v) is 16.7.